The van der Waals surface area contributed by atoms with Gasteiger partial charge >= 0.3 is 0 Å². The molecule has 1 saturated carbocycles. The zero-order chi connectivity index (χ0) is 26.1. The predicted molar refractivity (Wildman–Crippen MR) is 135 cm³/mol. The Morgan fingerprint density at radius 2 is 2.08 bits per heavy atom. The zero-order valence-corrected chi connectivity index (χ0v) is 20.8. The highest BCUT2D eigenvalue weighted by molar-refractivity contribution is 6.00. The van der Waals surface area contributed by atoms with Crippen LogP contribution < -0.4 is 16.4 Å². The van der Waals surface area contributed by atoms with E-state index in [-0.39, 0.29) is 23.7 Å². The summed E-state index contributed by atoms with van der Waals surface area (Å²) in [4.78, 5) is 17.5. The number of aromatic nitrogens is 3. The van der Waals surface area contributed by atoms with Crippen molar-refractivity contribution < 1.29 is 14.3 Å². The number of halogens is 1. The second-order valence-electron chi connectivity index (χ2n) is 10.4. The summed E-state index contributed by atoms with van der Waals surface area (Å²) in [7, 11) is 0. The first kappa shape index (κ1) is 25.5. The summed E-state index contributed by atoms with van der Waals surface area (Å²) in [5.74, 6) is -0.486. The van der Waals surface area contributed by atoms with Crippen molar-refractivity contribution in [1.29, 1.82) is 5.26 Å². The standard InChI is InChI=1S/C26H32FN7O2/c1-25(2,36)23(27)15-31-24(35)19-14-30-21(11-20(19)33-17-6-8-26(3,29)9-7-17)22-5-4-18-10-16(12-28)13-32-34(18)22/h4-5,10-11,13-14,17,23,36H,6-9,15,29H2,1-3H3,(H,30,33)(H,31,35)/t17?,23-,26?/m1/s1. The molecule has 10 heteroatoms. The van der Waals surface area contributed by atoms with Crippen molar-refractivity contribution in [3.8, 4) is 17.5 Å². The van der Waals surface area contributed by atoms with Crippen molar-refractivity contribution in [3.05, 3.63) is 47.8 Å². The van der Waals surface area contributed by atoms with Gasteiger partial charge < -0.3 is 21.5 Å². The first-order valence-corrected chi connectivity index (χ1v) is 12.1. The number of nitriles is 1. The molecule has 0 aliphatic heterocycles. The Morgan fingerprint density at radius 3 is 2.75 bits per heavy atom. The van der Waals surface area contributed by atoms with Crippen LogP contribution in [-0.2, 0) is 0 Å². The molecule has 0 saturated heterocycles. The van der Waals surface area contributed by atoms with Gasteiger partial charge in [-0.15, -0.1) is 0 Å². The Balaban J connectivity index is 1.65. The van der Waals surface area contributed by atoms with Gasteiger partial charge in [-0.3, -0.25) is 9.78 Å². The number of fused-ring (bicyclic) bond motifs is 1. The second kappa shape index (κ2) is 9.84. The molecule has 0 radical (unpaired) electrons. The summed E-state index contributed by atoms with van der Waals surface area (Å²) >= 11 is 0. The van der Waals surface area contributed by atoms with Crippen molar-refractivity contribution in [3.63, 3.8) is 0 Å². The molecule has 5 N–H and O–H groups in total. The molecular weight excluding hydrogens is 461 g/mol. The Labute approximate surface area is 209 Å². The lowest BCUT2D eigenvalue weighted by Crippen LogP contribution is -2.43. The number of nitrogens with one attached hydrogen (secondary N) is 2. The van der Waals surface area contributed by atoms with Crippen molar-refractivity contribution in [2.24, 2.45) is 5.73 Å². The number of hydrogen-bond donors (Lipinski definition) is 4. The van der Waals surface area contributed by atoms with Crippen LogP contribution in [0, 0.1) is 11.3 Å². The van der Waals surface area contributed by atoms with Crippen LogP contribution in [0.2, 0.25) is 0 Å². The van der Waals surface area contributed by atoms with Crippen molar-refractivity contribution in [2.75, 3.05) is 11.9 Å². The molecule has 3 heterocycles. The van der Waals surface area contributed by atoms with E-state index in [1.165, 1.54) is 26.2 Å². The molecule has 1 fully saturated rings. The lowest BCUT2D eigenvalue weighted by Gasteiger charge is -2.35. The van der Waals surface area contributed by atoms with Gasteiger partial charge in [-0.1, -0.05) is 0 Å². The van der Waals surface area contributed by atoms with Crippen LogP contribution in [-0.4, -0.2) is 55.5 Å². The van der Waals surface area contributed by atoms with E-state index < -0.39 is 17.7 Å². The van der Waals surface area contributed by atoms with Gasteiger partial charge in [-0.25, -0.2) is 8.91 Å². The Morgan fingerprint density at radius 1 is 1.36 bits per heavy atom. The highest BCUT2D eigenvalue weighted by Gasteiger charge is 2.29. The summed E-state index contributed by atoms with van der Waals surface area (Å²) in [6.07, 6.45) is 4.74. The topological polar surface area (TPSA) is 141 Å². The number of nitrogens with two attached hydrogens (primary N) is 1. The van der Waals surface area contributed by atoms with Crippen LogP contribution in [0.5, 0.6) is 0 Å². The predicted octanol–water partition coefficient (Wildman–Crippen LogP) is 3.18. The lowest BCUT2D eigenvalue weighted by atomic mass is 9.81. The smallest absolute Gasteiger partial charge is 0.255 e. The van der Waals surface area contributed by atoms with Crippen molar-refractivity contribution in [1.82, 2.24) is 19.9 Å². The Kier molecular flexibility index (Phi) is 6.98. The highest BCUT2D eigenvalue weighted by atomic mass is 19.1. The van der Waals surface area contributed by atoms with Gasteiger partial charge in [-0.05, 0) is 70.7 Å². The third kappa shape index (κ3) is 5.64. The van der Waals surface area contributed by atoms with Crippen LogP contribution in [0.3, 0.4) is 0 Å². The monoisotopic (exact) mass is 493 g/mol. The molecule has 1 atom stereocenters. The number of pyridine rings is 1. The van der Waals surface area contributed by atoms with Crippen LogP contribution >= 0.6 is 0 Å². The minimum atomic E-state index is -1.62. The molecule has 3 aromatic heterocycles. The third-order valence-corrected chi connectivity index (χ3v) is 6.74. The van der Waals surface area contributed by atoms with E-state index >= 15 is 0 Å². The van der Waals surface area contributed by atoms with E-state index in [9.17, 15) is 14.3 Å². The van der Waals surface area contributed by atoms with Crippen molar-refractivity contribution >= 4 is 17.1 Å². The second-order valence-corrected chi connectivity index (χ2v) is 10.4. The molecule has 9 nitrogen and oxygen atoms in total. The summed E-state index contributed by atoms with van der Waals surface area (Å²) in [6.45, 7) is 4.44. The quantitative estimate of drug-likeness (QED) is 0.396. The fourth-order valence-corrected chi connectivity index (χ4v) is 4.32. The molecule has 1 aliphatic carbocycles. The van der Waals surface area contributed by atoms with E-state index in [4.69, 9.17) is 11.0 Å². The number of amides is 1. The molecule has 0 aromatic carbocycles. The van der Waals surface area contributed by atoms with E-state index in [0.29, 0.717) is 22.6 Å². The summed E-state index contributed by atoms with van der Waals surface area (Å²) in [5, 5.41) is 29.4. The average molecular weight is 494 g/mol. The first-order chi connectivity index (χ1) is 17.0. The molecule has 4 rings (SSSR count). The fraction of sp³-hybridized carbons (Fsp3) is 0.462. The Bertz CT molecular complexity index is 1300. The summed E-state index contributed by atoms with van der Waals surface area (Å²) < 4.78 is 15.9. The van der Waals surface area contributed by atoms with Gasteiger partial charge in [0.15, 0.2) is 0 Å². The molecule has 1 aliphatic rings. The number of carbonyl (C=O) groups excluding carboxylic acids is 1. The molecule has 0 bridgehead atoms. The minimum absolute atomic E-state index is 0.120. The number of alkyl halides is 1. The number of aliphatic hydroxyl groups is 1. The van der Waals surface area contributed by atoms with E-state index in [0.717, 1.165) is 31.2 Å². The van der Waals surface area contributed by atoms with Gasteiger partial charge in [0.25, 0.3) is 5.91 Å². The number of carbonyl (C=O) groups is 1. The van der Waals surface area contributed by atoms with Gasteiger partial charge in [0.2, 0.25) is 0 Å². The molecule has 3 aromatic rings. The lowest BCUT2D eigenvalue weighted by molar-refractivity contribution is -0.00177. The summed E-state index contributed by atoms with van der Waals surface area (Å²) in [6, 6.07) is 9.42. The number of anilines is 1. The zero-order valence-electron chi connectivity index (χ0n) is 20.8. The Hall–Kier alpha value is -3.55. The maximum atomic E-state index is 14.2. The average Bonchev–Trinajstić information content (AvgIpc) is 3.26. The van der Waals surface area contributed by atoms with Gasteiger partial charge in [0.1, 0.15) is 12.2 Å². The minimum Gasteiger partial charge on any atom is -0.387 e. The molecule has 0 spiro atoms. The molecular formula is C26H32FN7O2. The van der Waals surface area contributed by atoms with Crippen LogP contribution in [0.15, 0.2) is 36.7 Å². The first-order valence-electron chi connectivity index (χ1n) is 12.1. The largest absolute Gasteiger partial charge is 0.387 e. The molecule has 190 valence electrons. The van der Waals surface area contributed by atoms with Crippen molar-refractivity contribution in [2.45, 2.75) is 69.8 Å². The molecule has 0 unspecified atom stereocenters. The van der Waals surface area contributed by atoms with Crippen LogP contribution in [0.4, 0.5) is 10.1 Å². The van der Waals surface area contributed by atoms with Crippen LogP contribution in [0.1, 0.15) is 62.4 Å². The normalized spacial score (nSPS) is 21.1. The number of hydrogen-bond acceptors (Lipinski definition) is 7. The third-order valence-electron chi connectivity index (χ3n) is 6.74. The number of nitrogens with zero attached hydrogens (tertiary/aromatic N) is 4. The maximum Gasteiger partial charge on any atom is 0.255 e. The van der Waals surface area contributed by atoms with E-state index in [1.807, 2.05) is 19.1 Å². The fourth-order valence-electron chi connectivity index (χ4n) is 4.32. The van der Waals surface area contributed by atoms with Crippen LogP contribution in [0.25, 0.3) is 16.9 Å². The SMILES string of the molecule is CC1(N)CCC(Nc2cc(-c3ccc4cc(C#N)cnn34)ncc2C(=O)NC[C@@H](F)C(C)(C)O)CC1. The van der Waals surface area contributed by atoms with Gasteiger partial charge in [-0.2, -0.15) is 10.4 Å². The molecule has 36 heavy (non-hydrogen) atoms. The maximum absolute atomic E-state index is 14.2. The van der Waals surface area contributed by atoms with Gasteiger partial charge in [0.05, 0.1) is 52.1 Å². The molecule has 1 amide bonds. The van der Waals surface area contributed by atoms with E-state index in [2.05, 4.69) is 26.8 Å². The highest BCUT2D eigenvalue weighted by Crippen LogP contribution is 2.31. The number of rotatable bonds is 7. The summed E-state index contributed by atoms with van der Waals surface area (Å²) in [5.41, 5.74) is 7.87. The van der Waals surface area contributed by atoms with E-state index in [1.54, 1.807) is 16.6 Å². The van der Waals surface area contributed by atoms with Gasteiger partial charge in [0, 0.05) is 17.8 Å².